The van der Waals surface area contributed by atoms with Crippen LogP contribution in [0.5, 0.6) is 5.75 Å². The highest BCUT2D eigenvalue weighted by Gasteiger charge is 2.26. The molecule has 148 valence electrons. The SMILES string of the molecule is C=Cc1cc(CC)c(OCCO)c(C(Nc2ccc(C(=N)N)cc2)C(=O)O)c1. The Morgan fingerprint density at radius 1 is 1.36 bits per heavy atom. The molecule has 7 heteroatoms. The van der Waals surface area contributed by atoms with Gasteiger partial charge in [0.2, 0.25) is 0 Å². The van der Waals surface area contributed by atoms with E-state index in [1.807, 2.05) is 13.0 Å². The second-order valence-corrected chi connectivity index (χ2v) is 6.13. The number of carbonyl (C=O) groups is 1. The van der Waals surface area contributed by atoms with Crippen LogP contribution in [-0.2, 0) is 11.2 Å². The predicted molar refractivity (Wildman–Crippen MR) is 110 cm³/mol. The molecule has 2 aromatic rings. The van der Waals surface area contributed by atoms with Crippen LogP contribution in [0.4, 0.5) is 5.69 Å². The number of aryl methyl sites for hydroxylation is 1. The number of aliphatic hydroxyl groups is 1. The third kappa shape index (κ3) is 4.89. The highest BCUT2D eigenvalue weighted by molar-refractivity contribution is 5.95. The second kappa shape index (κ2) is 9.57. The van der Waals surface area contributed by atoms with Gasteiger partial charge in [-0.2, -0.15) is 0 Å². The Kier molecular flexibility index (Phi) is 7.17. The molecular weight excluding hydrogens is 358 g/mol. The van der Waals surface area contributed by atoms with E-state index < -0.39 is 12.0 Å². The lowest BCUT2D eigenvalue weighted by Gasteiger charge is -2.22. The molecule has 0 aliphatic heterocycles. The van der Waals surface area contributed by atoms with Gasteiger partial charge >= 0.3 is 5.97 Å². The predicted octanol–water partition coefficient (Wildman–Crippen LogP) is 2.78. The molecule has 0 aromatic heterocycles. The summed E-state index contributed by atoms with van der Waals surface area (Å²) in [7, 11) is 0. The van der Waals surface area contributed by atoms with Crippen LogP contribution in [0.2, 0.25) is 0 Å². The summed E-state index contributed by atoms with van der Waals surface area (Å²) in [6.45, 7) is 5.60. The first-order valence-corrected chi connectivity index (χ1v) is 8.88. The molecule has 0 saturated heterocycles. The first kappa shape index (κ1) is 21.0. The Bertz CT molecular complexity index is 863. The minimum atomic E-state index is -1.08. The van der Waals surface area contributed by atoms with Crippen molar-refractivity contribution in [1.29, 1.82) is 5.41 Å². The molecule has 0 heterocycles. The Morgan fingerprint density at radius 2 is 2.04 bits per heavy atom. The first-order valence-electron chi connectivity index (χ1n) is 8.88. The Balaban J connectivity index is 2.49. The number of amidine groups is 1. The highest BCUT2D eigenvalue weighted by Crippen LogP contribution is 2.34. The van der Waals surface area contributed by atoms with E-state index in [1.54, 1.807) is 36.4 Å². The van der Waals surface area contributed by atoms with Gasteiger partial charge in [0.05, 0.1) is 6.61 Å². The van der Waals surface area contributed by atoms with Crippen molar-refractivity contribution in [3.8, 4) is 5.75 Å². The molecular formula is C21H25N3O4. The molecule has 6 N–H and O–H groups in total. The number of carboxylic acids is 1. The second-order valence-electron chi connectivity index (χ2n) is 6.13. The molecule has 2 aromatic carbocycles. The number of carboxylic acid groups (broad SMARTS) is 1. The van der Waals surface area contributed by atoms with Crippen molar-refractivity contribution >= 4 is 23.6 Å². The van der Waals surface area contributed by atoms with E-state index in [0.717, 1.165) is 11.1 Å². The van der Waals surface area contributed by atoms with Crippen molar-refractivity contribution in [2.45, 2.75) is 19.4 Å². The molecule has 0 fully saturated rings. The zero-order valence-corrected chi connectivity index (χ0v) is 15.7. The van der Waals surface area contributed by atoms with Crippen LogP contribution >= 0.6 is 0 Å². The van der Waals surface area contributed by atoms with Crippen molar-refractivity contribution in [3.05, 3.63) is 65.2 Å². The number of aliphatic carboxylic acids is 1. The molecule has 0 amide bonds. The molecule has 0 saturated carbocycles. The van der Waals surface area contributed by atoms with Crippen LogP contribution in [0.15, 0.2) is 43.0 Å². The summed E-state index contributed by atoms with van der Waals surface area (Å²) in [6, 6.07) is 9.15. The van der Waals surface area contributed by atoms with Crippen molar-refractivity contribution in [2.24, 2.45) is 5.73 Å². The first-order chi connectivity index (χ1) is 13.4. The molecule has 28 heavy (non-hydrogen) atoms. The molecule has 0 bridgehead atoms. The summed E-state index contributed by atoms with van der Waals surface area (Å²) < 4.78 is 5.69. The lowest BCUT2D eigenvalue weighted by molar-refractivity contribution is -0.138. The maximum atomic E-state index is 12.1. The van der Waals surface area contributed by atoms with E-state index >= 15 is 0 Å². The molecule has 1 atom stereocenters. The van der Waals surface area contributed by atoms with Gasteiger partial charge in [-0.1, -0.05) is 19.6 Å². The fourth-order valence-electron chi connectivity index (χ4n) is 2.84. The smallest absolute Gasteiger partial charge is 0.330 e. The fraction of sp³-hybridized carbons (Fsp3) is 0.238. The van der Waals surface area contributed by atoms with Crippen LogP contribution < -0.4 is 15.8 Å². The van der Waals surface area contributed by atoms with Crippen molar-refractivity contribution in [3.63, 3.8) is 0 Å². The normalized spacial score (nSPS) is 11.5. The van der Waals surface area contributed by atoms with E-state index in [2.05, 4.69) is 11.9 Å². The van der Waals surface area contributed by atoms with Crippen molar-refractivity contribution < 1.29 is 19.7 Å². The van der Waals surface area contributed by atoms with Gasteiger partial charge in [-0.3, -0.25) is 5.41 Å². The van der Waals surface area contributed by atoms with E-state index in [1.165, 1.54) is 0 Å². The van der Waals surface area contributed by atoms with Crippen LogP contribution in [0, 0.1) is 5.41 Å². The van der Waals surface area contributed by atoms with E-state index in [9.17, 15) is 9.90 Å². The lowest BCUT2D eigenvalue weighted by atomic mass is 9.96. The summed E-state index contributed by atoms with van der Waals surface area (Å²) in [5, 5.41) is 29.4. The molecule has 2 rings (SSSR count). The van der Waals surface area contributed by atoms with Crippen molar-refractivity contribution in [2.75, 3.05) is 18.5 Å². The Morgan fingerprint density at radius 3 is 2.54 bits per heavy atom. The number of hydrogen-bond acceptors (Lipinski definition) is 5. The maximum absolute atomic E-state index is 12.1. The monoisotopic (exact) mass is 383 g/mol. The fourth-order valence-corrected chi connectivity index (χ4v) is 2.84. The number of anilines is 1. The number of nitrogen functional groups attached to an aromatic ring is 1. The van der Waals surface area contributed by atoms with Gasteiger partial charge < -0.3 is 26.0 Å². The number of benzene rings is 2. The zero-order valence-electron chi connectivity index (χ0n) is 15.7. The third-order valence-electron chi connectivity index (χ3n) is 4.24. The number of aliphatic hydroxyl groups excluding tert-OH is 1. The zero-order chi connectivity index (χ0) is 20.7. The quantitative estimate of drug-likeness (QED) is 0.317. The van der Waals surface area contributed by atoms with Crippen LogP contribution in [0.1, 0.15) is 35.2 Å². The van der Waals surface area contributed by atoms with Gasteiger partial charge in [0.15, 0.2) is 6.04 Å². The topological polar surface area (TPSA) is 129 Å². The Labute approximate surface area is 164 Å². The number of ether oxygens (including phenoxy) is 1. The number of nitrogens with two attached hydrogens (primary N) is 1. The largest absolute Gasteiger partial charge is 0.491 e. The summed E-state index contributed by atoms with van der Waals surface area (Å²) in [6.07, 6.45) is 2.29. The van der Waals surface area contributed by atoms with Crippen LogP contribution in [0.3, 0.4) is 0 Å². The molecule has 7 nitrogen and oxygen atoms in total. The van der Waals surface area contributed by atoms with Gasteiger partial charge in [0.1, 0.15) is 18.2 Å². The summed E-state index contributed by atoms with van der Waals surface area (Å²) in [4.78, 5) is 12.1. The van der Waals surface area contributed by atoms with Gasteiger partial charge in [-0.25, -0.2) is 4.79 Å². The van der Waals surface area contributed by atoms with E-state index in [0.29, 0.717) is 29.0 Å². The summed E-state index contributed by atoms with van der Waals surface area (Å²) in [5.41, 5.74) is 8.63. The van der Waals surface area contributed by atoms with Crippen LogP contribution in [0.25, 0.3) is 6.08 Å². The highest BCUT2D eigenvalue weighted by atomic mass is 16.5. The average Bonchev–Trinajstić information content (AvgIpc) is 2.70. The minimum Gasteiger partial charge on any atom is -0.491 e. The van der Waals surface area contributed by atoms with Gasteiger partial charge in [-0.05, 0) is 53.9 Å². The average molecular weight is 383 g/mol. The lowest BCUT2D eigenvalue weighted by Crippen LogP contribution is -2.22. The number of hydrogen-bond donors (Lipinski definition) is 5. The number of nitrogens with one attached hydrogen (secondary N) is 2. The summed E-state index contributed by atoms with van der Waals surface area (Å²) in [5.74, 6) is -0.692. The number of rotatable bonds is 10. The molecule has 0 spiro atoms. The standard InChI is InChI=1S/C21H25N3O4/c1-3-13-11-14(4-2)19(28-10-9-25)17(12-13)18(21(26)27)24-16-7-5-15(6-8-16)20(22)23/h3,5-8,11-12,18,24-25H,1,4,9-10H2,2H3,(H3,22,23)(H,26,27). The van der Waals surface area contributed by atoms with Crippen LogP contribution in [-0.4, -0.2) is 35.2 Å². The molecule has 0 radical (unpaired) electrons. The molecule has 1 unspecified atom stereocenters. The molecule has 0 aliphatic rings. The Hall–Kier alpha value is -3.32. The van der Waals surface area contributed by atoms with Gasteiger partial charge in [0.25, 0.3) is 0 Å². The summed E-state index contributed by atoms with van der Waals surface area (Å²) >= 11 is 0. The van der Waals surface area contributed by atoms with E-state index in [4.69, 9.17) is 21.0 Å². The van der Waals surface area contributed by atoms with Crippen molar-refractivity contribution in [1.82, 2.24) is 0 Å². The maximum Gasteiger partial charge on any atom is 0.330 e. The van der Waals surface area contributed by atoms with E-state index in [-0.39, 0.29) is 19.0 Å². The minimum absolute atomic E-state index is 0.0626. The third-order valence-corrected chi connectivity index (χ3v) is 4.24. The molecule has 0 aliphatic carbocycles. The van der Waals surface area contributed by atoms with Gasteiger partial charge in [-0.15, -0.1) is 0 Å². The van der Waals surface area contributed by atoms with Gasteiger partial charge in [0, 0.05) is 16.8 Å².